The number of aryl methyl sites for hydroxylation is 1. The molecule has 1 aromatic rings. The molecule has 0 fully saturated rings. The number of carboxylic acids is 1. The van der Waals surface area contributed by atoms with Crippen molar-refractivity contribution in [3.63, 3.8) is 0 Å². The van der Waals surface area contributed by atoms with E-state index in [-0.39, 0.29) is 5.57 Å². The Morgan fingerprint density at radius 2 is 1.75 bits per heavy atom. The van der Waals surface area contributed by atoms with Crippen LogP contribution in [0.3, 0.4) is 0 Å². The number of aliphatic carboxylic acids is 1. The molecule has 0 heterocycles. The number of hydrogen-bond donors (Lipinski definition) is 1. The zero-order chi connectivity index (χ0) is 12.3. The van der Waals surface area contributed by atoms with Gasteiger partial charge in [-0.2, -0.15) is 0 Å². The van der Waals surface area contributed by atoms with Crippen LogP contribution >= 0.6 is 0 Å². The molecule has 0 spiro atoms. The first-order valence-corrected chi connectivity index (χ1v) is 4.66. The summed E-state index contributed by atoms with van der Waals surface area (Å²) < 4.78 is 10.2. The second-order valence-corrected chi connectivity index (χ2v) is 3.31. The van der Waals surface area contributed by atoms with Gasteiger partial charge in [-0.3, -0.25) is 0 Å². The van der Waals surface area contributed by atoms with Crippen LogP contribution in [0, 0.1) is 6.92 Å². The lowest BCUT2D eigenvalue weighted by Crippen LogP contribution is -2.01. The van der Waals surface area contributed by atoms with Gasteiger partial charge in [0.2, 0.25) is 0 Å². The maximum absolute atomic E-state index is 10.8. The number of benzene rings is 1. The first kappa shape index (κ1) is 12.1. The Balaban J connectivity index is 3.32. The molecule has 0 atom stereocenters. The average molecular weight is 222 g/mol. The van der Waals surface area contributed by atoms with E-state index in [4.69, 9.17) is 14.6 Å². The molecule has 0 aromatic heterocycles. The van der Waals surface area contributed by atoms with Gasteiger partial charge >= 0.3 is 5.97 Å². The monoisotopic (exact) mass is 222 g/mol. The Kier molecular flexibility index (Phi) is 3.55. The highest BCUT2D eigenvalue weighted by molar-refractivity contribution is 6.15. The Bertz CT molecular complexity index is 435. The molecule has 0 unspecified atom stereocenters. The minimum absolute atomic E-state index is 0.0402. The van der Waals surface area contributed by atoms with Crippen LogP contribution in [0.25, 0.3) is 5.57 Å². The van der Waals surface area contributed by atoms with Crippen LogP contribution in [0.15, 0.2) is 18.7 Å². The largest absolute Gasteiger partial charge is 0.493 e. The summed E-state index contributed by atoms with van der Waals surface area (Å²) >= 11 is 0. The fourth-order valence-electron chi connectivity index (χ4n) is 1.42. The molecular formula is C12H14O4. The highest BCUT2D eigenvalue weighted by atomic mass is 16.5. The minimum Gasteiger partial charge on any atom is -0.493 e. The molecule has 4 nitrogen and oxygen atoms in total. The van der Waals surface area contributed by atoms with Crippen LogP contribution < -0.4 is 9.47 Å². The summed E-state index contributed by atoms with van der Waals surface area (Å²) in [6.07, 6.45) is 0. The van der Waals surface area contributed by atoms with Gasteiger partial charge < -0.3 is 14.6 Å². The fourth-order valence-corrected chi connectivity index (χ4v) is 1.42. The number of carbonyl (C=O) groups is 1. The second-order valence-electron chi connectivity index (χ2n) is 3.31. The molecule has 0 bridgehead atoms. The van der Waals surface area contributed by atoms with Gasteiger partial charge in [-0.25, -0.2) is 4.79 Å². The van der Waals surface area contributed by atoms with Gasteiger partial charge in [-0.05, 0) is 30.2 Å². The third-order valence-electron chi connectivity index (χ3n) is 2.31. The van der Waals surface area contributed by atoms with Crippen molar-refractivity contribution in [2.24, 2.45) is 0 Å². The average Bonchev–Trinajstić information content (AvgIpc) is 2.27. The molecule has 0 aliphatic heterocycles. The summed E-state index contributed by atoms with van der Waals surface area (Å²) in [6, 6.07) is 3.34. The molecular weight excluding hydrogens is 208 g/mol. The van der Waals surface area contributed by atoms with Crippen molar-refractivity contribution in [3.8, 4) is 11.5 Å². The van der Waals surface area contributed by atoms with E-state index in [0.717, 1.165) is 5.56 Å². The van der Waals surface area contributed by atoms with Gasteiger partial charge in [0.25, 0.3) is 0 Å². The lowest BCUT2D eigenvalue weighted by molar-refractivity contribution is -0.130. The summed E-state index contributed by atoms with van der Waals surface area (Å²) in [6.45, 7) is 5.32. The van der Waals surface area contributed by atoms with Gasteiger partial charge in [0, 0.05) is 0 Å². The number of hydrogen-bond acceptors (Lipinski definition) is 3. The molecule has 0 saturated carbocycles. The number of carboxylic acid groups (broad SMARTS) is 1. The van der Waals surface area contributed by atoms with Gasteiger partial charge in [-0.15, -0.1) is 0 Å². The maximum atomic E-state index is 10.8. The zero-order valence-electron chi connectivity index (χ0n) is 9.53. The SMILES string of the molecule is C=C(C(=O)O)c1cc(OC)c(OC)cc1C. The summed E-state index contributed by atoms with van der Waals surface area (Å²) in [5.74, 6) is 0.0164. The Morgan fingerprint density at radius 3 is 2.19 bits per heavy atom. The standard InChI is InChI=1S/C12H14O4/c1-7-5-10(15-3)11(16-4)6-9(7)8(2)12(13)14/h5-6H,2H2,1,3-4H3,(H,13,14). The molecule has 4 heteroatoms. The lowest BCUT2D eigenvalue weighted by atomic mass is 10.0. The van der Waals surface area contributed by atoms with E-state index >= 15 is 0 Å². The van der Waals surface area contributed by atoms with Crippen LogP contribution in [-0.2, 0) is 4.79 Å². The third kappa shape index (κ3) is 2.16. The first-order chi connectivity index (χ1) is 7.51. The highest BCUT2D eigenvalue weighted by Gasteiger charge is 2.14. The van der Waals surface area contributed by atoms with Gasteiger partial charge in [0.05, 0.1) is 19.8 Å². The molecule has 1 rings (SSSR count). The Labute approximate surface area is 94.1 Å². The number of rotatable bonds is 4. The zero-order valence-corrected chi connectivity index (χ0v) is 9.53. The van der Waals surface area contributed by atoms with E-state index in [1.54, 1.807) is 19.1 Å². The van der Waals surface area contributed by atoms with Crippen LogP contribution in [0.1, 0.15) is 11.1 Å². The van der Waals surface area contributed by atoms with Crippen LogP contribution in [-0.4, -0.2) is 25.3 Å². The Morgan fingerprint density at radius 1 is 1.25 bits per heavy atom. The van der Waals surface area contributed by atoms with Crippen LogP contribution in [0.2, 0.25) is 0 Å². The van der Waals surface area contributed by atoms with E-state index in [9.17, 15) is 4.79 Å². The van der Waals surface area contributed by atoms with E-state index < -0.39 is 5.97 Å². The highest BCUT2D eigenvalue weighted by Crippen LogP contribution is 2.32. The quantitative estimate of drug-likeness (QED) is 0.793. The molecule has 0 radical (unpaired) electrons. The lowest BCUT2D eigenvalue weighted by Gasteiger charge is -2.12. The van der Waals surface area contributed by atoms with Crippen LogP contribution in [0.4, 0.5) is 0 Å². The van der Waals surface area contributed by atoms with Crippen molar-refractivity contribution in [2.45, 2.75) is 6.92 Å². The summed E-state index contributed by atoms with van der Waals surface area (Å²) in [4.78, 5) is 10.8. The minimum atomic E-state index is -1.05. The summed E-state index contributed by atoms with van der Waals surface area (Å²) in [5, 5.41) is 8.88. The molecule has 86 valence electrons. The second kappa shape index (κ2) is 4.70. The maximum Gasteiger partial charge on any atom is 0.335 e. The molecule has 0 aliphatic carbocycles. The van der Waals surface area contributed by atoms with Crippen molar-refractivity contribution < 1.29 is 19.4 Å². The molecule has 0 amide bonds. The van der Waals surface area contributed by atoms with Gasteiger partial charge in [0.1, 0.15) is 0 Å². The van der Waals surface area contributed by atoms with E-state index in [0.29, 0.717) is 17.1 Å². The predicted molar refractivity (Wildman–Crippen MR) is 61.0 cm³/mol. The first-order valence-electron chi connectivity index (χ1n) is 4.66. The number of methoxy groups -OCH3 is 2. The fraction of sp³-hybridized carbons (Fsp3) is 0.250. The topological polar surface area (TPSA) is 55.8 Å². The van der Waals surface area contributed by atoms with Crippen molar-refractivity contribution in [3.05, 3.63) is 29.8 Å². The molecule has 1 aromatic carbocycles. The van der Waals surface area contributed by atoms with Gasteiger partial charge in [-0.1, -0.05) is 6.58 Å². The van der Waals surface area contributed by atoms with Gasteiger partial charge in [0.15, 0.2) is 11.5 Å². The molecule has 1 N–H and O–H groups in total. The van der Waals surface area contributed by atoms with E-state index in [1.807, 2.05) is 0 Å². The van der Waals surface area contributed by atoms with Crippen molar-refractivity contribution in [1.29, 1.82) is 0 Å². The molecule has 16 heavy (non-hydrogen) atoms. The van der Waals surface area contributed by atoms with E-state index in [2.05, 4.69) is 6.58 Å². The Hall–Kier alpha value is -1.97. The molecule has 0 saturated heterocycles. The summed E-state index contributed by atoms with van der Waals surface area (Å²) in [5.41, 5.74) is 1.37. The third-order valence-corrected chi connectivity index (χ3v) is 2.31. The normalized spacial score (nSPS) is 9.69. The van der Waals surface area contributed by atoms with Crippen molar-refractivity contribution in [1.82, 2.24) is 0 Å². The van der Waals surface area contributed by atoms with Crippen LogP contribution in [0.5, 0.6) is 11.5 Å². The van der Waals surface area contributed by atoms with Crippen molar-refractivity contribution in [2.75, 3.05) is 14.2 Å². The van der Waals surface area contributed by atoms with Crippen molar-refractivity contribution >= 4 is 11.5 Å². The number of ether oxygens (including phenoxy) is 2. The smallest absolute Gasteiger partial charge is 0.335 e. The predicted octanol–water partition coefficient (Wildman–Crippen LogP) is 2.11. The van der Waals surface area contributed by atoms with E-state index in [1.165, 1.54) is 14.2 Å². The molecule has 0 aliphatic rings. The summed E-state index contributed by atoms with van der Waals surface area (Å²) in [7, 11) is 3.03.